The highest BCUT2D eigenvalue weighted by Gasteiger charge is 2.48. The van der Waals surface area contributed by atoms with E-state index in [-0.39, 0.29) is 17.9 Å². The highest BCUT2D eigenvalue weighted by molar-refractivity contribution is 5.93. The molecule has 10 heteroatoms. The molecule has 0 aliphatic carbocycles. The van der Waals surface area contributed by atoms with E-state index in [0.717, 1.165) is 5.56 Å². The molecule has 188 valence electrons. The first kappa shape index (κ1) is 24.9. The molecule has 0 bridgehead atoms. The van der Waals surface area contributed by atoms with E-state index < -0.39 is 48.1 Å². The van der Waals surface area contributed by atoms with Gasteiger partial charge in [-0.2, -0.15) is 0 Å². The Balaban J connectivity index is 1.66. The normalized spacial score (nSPS) is 21.4. The lowest BCUT2D eigenvalue weighted by molar-refractivity contribution is -0.259. The summed E-state index contributed by atoms with van der Waals surface area (Å²) in [6.07, 6.45) is -4.65. The fourth-order valence-electron chi connectivity index (χ4n) is 4.02. The van der Waals surface area contributed by atoms with Crippen LogP contribution in [0.4, 0.5) is 0 Å². The van der Waals surface area contributed by atoms with Gasteiger partial charge in [-0.3, -0.25) is 14.4 Å². The molecule has 4 atom stereocenters. The van der Waals surface area contributed by atoms with Crippen LogP contribution in [-0.2, 0) is 33.3 Å². The monoisotopic (exact) mass is 496 g/mol. The predicted octanol–water partition coefficient (Wildman–Crippen LogP) is 2.99. The summed E-state index contributed by atoms with van der Waals surface area (Å²) >= 11 is 0. The third-order valence-corrected chi connectivity index (χ3v) is 5.36. The molecule has 0 amide bonds. The fraction of sp³-hybridized carbons (Fsp3) is 0.308. The Morgan fingerprint density at radius 3 is 2.17 bits per heavy atom. The number of carbonyl (C=O) groups is 3. The Morgan fingerprint density at radius 1 is 0.833 bits per heavy atom. The van der Waals surface area contributed by atoms with Crippen molar-refractivity contribution in [2.24, 2.45) is 0 Å². The minimum absolute atomic E-state index is 0.180. The van der Waals surface area contributed by atoms with Gasteiger partial charge < -0.3 is 28.1 Å². The molecule has 0 N–H and O–H groups in total. The van der Waals surface area contributed by atoms with E-state index in [1.807, 2.05) is 30.3 Å². The third kappa shape index (κ3) is 5.72. The lowest BCUT2D eigenvalue weighted by atomic mass is 10.0. The van der Waals surface area contributed by atoms with Gasteiger partial charge in [-0.1, -0.05) is 30.3 Å². The van der Waals surface area contributed by atoms with Gasteiger partial charge in [-0.15, -0.1) is 0 Å². The van der Waals surface area contributed by atoms with Crippen LogP contribution in [0.25, 0.3) is 22.1 Å². The molecule has 4 unspecified atom stereocenters. The van der Waals surface area contributed by atoms with Crippen molar-refractivity contribution in [2.45, 2.75) is 45.4 Å². The van der Waals surface area contributed by atoms with E-state index in [1.54, 1.807) is 12.1 Å². The highest BCUT2D eigenvalue weighted by atomic mass is 16.7. The van der Waals surface area contributed by atoms with Gasteiger partial charge in [0.1, 0.15) is 11.3 Å². The molecule has 1 aliphatic rings. The van der Waals surface area contributed by atoms with E-state index in [1.165, 1.54) is 32.9 Å². The molecule has 10 nitrogen and oxygen atoms in total. The van der Waals surface area contributed by atoms with Crippen molar-refractivity contribution in [3.63, 3.8) is 0 Å². The minimum atomic E-state index is -1.25. The van der Waals surface area contributed by atoms with Gasteiger partial charge in [0.15, 0.2) is 12.2 Å². The Labute approximate surface area is 205 Å². The van der Waals surface area contributed by atoms with Crippen LogP contribution in [-0.4, -0.2) is 49.1 Å². The summed E-state index contributed by atoms with van der Waals surface area (Å²) in [7, 11) is 0. The summed E-state index contributed by atoms with van der Waals surface area (Å²) in [5.41, 5.74) is 1.27. The fourth-order valence-corrected chi connectivity index (χ4v) is 4.02. The molecule has 2 aromatic carbocycles. The molecular weight excluding hydrogens is 472 g/mol. The smallest absolute Gasteiger partial charge is 0.336 e. The second-order valence-corrected chi connectivity index (χ2v) is 8.12. The van der Waals surface area contributed by atoms with Crippen molar-refractivity contribution in [1.29, 1.82) is 0 Å². The van der Waals surface area contributed by atoms with Crippen LogP contribution in [0.1, 0.15) is 20.8 Å². The lowest BCUT2D eigenvalue weighted by Gasteiger charge is -2.40. The van der Waals surface area contributed by atoms with Crippen LogP contribution in [0.15, 0.2) is 63.8 Å². The van der Waals surface area contributed by atoms with Gasteiger partial charge in [0.25, 0.3) is 0 Å². The van der Waals surface area contributed by atoms with Crippen molar-refractivity contribution >= 4 is 28.9 Å². The van der Waals surface area contributed by atoms with Gasteiger partial charge in [-0.05, 0) is 23.3 Å². The maximum Gasteiger partial charge on any atom is 0.336 e. The molecule has 36 heavy (non-hydrogen) atoms. The highest BCUT2D eigenvalue weighted by Crippen LogP contribution is 2.32. The number of fused-ring (bicyclic) bond motifs is 1. The zero-order valence-electron chi connectivity index (χ0n) is 19.8. The van der Waals surface area contributed by atoms with Crippen molar-refractivity contribution in [3.05, 3.63) is 65.0 Å². The van der Waals surface area contributed by atoms with Crippen LogP contribution < -0.4 is 10.4 Å². The number of benzene rings is 2. The van der Waals surface area contributed by atoms with Gasteiger partial charge in [0.2, 0.25) is 12.4 Å². The third-order valence-electron chi connectivity index (χ3n) is 5.36. The molecule has 1 aromatic heterocycles. The maximum atomic E-state index is 12.2. The summed E-state index contributed by atoms with van der Waals surface area (Å²) in [4.78, 5) is 47.3. The van der Waals surface area contributed by atoms with Crippen molar-refractivity contribution < 1.29 is 42.5 Å². The standard InChI is InChI=1S/C26H24O10/c1-14(27)32-22-13-31-26(25(34-16(3)29)24(22)33-15(2)28)35-18-9-10-19-20(17-7-5-4-6-8-17)12-23(30)36-21(19)11-18/h4-12,22,24-26H,13H2,1-3H3. The molecule has 2 heterocycles. The molecule has 0 saturated carbocycles. The van der Waals surface area contributed by atoms with Crippen LogP contribution in [0.5, 0.6) is 5.75 Å². The largest absolute Gasteiger partial charge is 0.461 e. The Hall–Kier alpha value is -4.18. The summed E-state index contributed by atoms with van der Waals surface area (Å²) < 4.78 is 32.9. The molecule has 0 spiro atoms. The Morgan fingerprint density at radius 2 is 1.50 bits per heavy atom. The molecular formula is C26H24O10. The molecule has 3 aromatic rings. The predicted molar refractivity (Wildman–Crippen MR) is 125 cm³/mol. The maximum absolute atomic E-state index is 12.2. The number of carbonyl (C=O) groups excluding carboxylic acids is 3. The van der Waals surface area contributed by atoms with Gasteiger partial charge in [-0.25, -0.2) is 4.79 Å². The quantitative estimate of drug-likeness (QED) is 0.285. The Kier molecular flexibility index (Phi) is 7.35. The molecule has 1 fully saturated rings. The second-order valence-electron chi connectivity index (χ2n) is 8.12. The zero-order valence-corrected chi connectivity index (χ0v) is 19.8. The van der Waals surface area contributed by atoms with Gasteiger partial charge in [0.05, 0.1) is 6.61 Å². The van der Waals surface area contributed by atoms with Gasteiger partial charge in [0, 0.05) is 38.3 Å². The summed E-state index contributed by atoms with van der Waals surface area (Å²) in [6.45, 7) is 3.37. The number of hydrogen-bond donors (Lipinski definition) is 0. The minimum Gasteiger partial charge on any atom is -0.461 e. The molecule has 1 aliphatic heterocycles. The van der Waals surface area contributed by atoms with E-state index in [4.69, 9.17) is 28.1 Å². The van der Waals surface area contributed by atoms with Crippen molar-refractivity contribution in [3.8, 4) is 16.9 Å². The van der Waals surface area contributed by atoms with E-state index >= 15 is 0 Å². The molecule has 4 rings (SSSR count). The van der Waals surface area contributed by atoms with E-state index in [2.05, 4.69) is 0 Å². The number of hydrogen-bond acceptors (Lipinski definition) is 10. The first-order valence-electron chi connectivity index (χ1n) is 11.1. The topological polar surface area (TPSA) is 128 Å². The summed E-state index contributed by atoms with van der Waals surface area (Å²) in [6, 6.07) is 15.7. The van der Waals surface area contributed by atoms with E-state index in [0.29, 0.717) is 10.9 Å². The van der Waals surface area contributed by atoms with Crippen molar-refractivity contribution in [1.82, 2.24) is 0 Å². The second kappa shape index (κ2) is 10.6. The number of rotatable bonds is 6. The number of esters is 3. The van der Waals surface area contributed by atoms with Crippen LogP contribution in [0, 0.1) is 0 Å². The SMILES string of the molecule is CC(=O)OC1COC(Oc2ccc3c(-c4ccccc4)cc(=O)oc3c2)C(OC(C)=O)C1OC(C)=O. The van der Waals surface area contributed by atoms with E-state index in [9.17, 15) is 19.2 Å². The average Bonchev–Trinajstić information content (AvgIpc) is 2.81. The molecule has 1 saturated heterocycles. The number of ether oxygens (including phenoxy) is 5. The first-order chi connectivity index (χ1) is 17.2. The zero-order chi connectivity index (χ0) is 25.8. The van der Waals surface area contributed by atoms with Crippen LogP contribution in [0.3, 0.4) is 0 Å². The summed E-state index contributed by atoms with van der Waals surface area (Å²) in [5.74, 6) is -1.74. The van der Waals surface area contributed by atoms with Gasteiger partial charge >= 0.3 is 23.5 Å². The first-order valence-corrected chi connectivity index (χ1v) is 11.1. The lowest BCUT2D eigenvalue weighted by Crippen LogP contribution is -2.59. The van der Waals surface area contributed by atoms with Crippen molar-refractivity contribution in [2.75, 3.05) is 6.61 Å². The Bertz CT molecular complexity index is 1330. The van der Waals surface area contributed by atoms with Crippen LogP contribution >= 0.6 is 0 Å². The average molecular weight is 496 g/mol. The molecule has 0 radical (unpaired) electrons. The summed E-state index contributed by atoms with van der Waals surface area (Å²) in [5, 5.41) is 0.682. The van der Waals surface area contributed by atoms with Crippen LogP contribution in [0.2, 0.25) is 0 Å².